The third-order valence-corrected chi connectivity index (χ3v) is 2.24. The largest absolute Gasteiger partial charge is 0.417 e. The standard InChI is InChI=1S/C10H11F3N2O3/c1-14(18-2)9(17)6-15-5-7(10(11,12)13)3-4-8(15)16/h3-5H,6H2,1-2H3. The summed E-state index contributed by atoms with van der Waals surface area (Å²) in [4.78, 5) is 27.3. The molecule has 1 aromatic rings. The first-order valence-corrected chi connectivity index (χ1v) is 4.84. The Bertz CT molecular complexity index is 496. The van der Waals surface area contributed by atoms with E-state index in [0.717, 1.165) is 11.1 Å². The van der Waals surface area contributed by atoms with Crippen molar-refractivity contribution in [2.75, 3.05) is 14.2 Å². The molecular weight excluding hydrogens is 253 g/mol. The van der Waals surface area contributed by atoms with Crippen LogP contribution >= 0.6 is 0 Å². The Morgan fingerprint density at radius 2 is 2.06 bits per heavy atom. The molecular formula is C10H11F3N2O3. The topological polar surface area (TPSA) is 51.5 Å². The average Bonchev–Trinajstić information content (AvgIpc) is 2.29. The first-order valence-electron chi connectivity index (χ1n) is 4.84. The maximum absolute atomic E-state index is 12.4. The van der Waals surface area contributed by atoms with Crippen LogP contribution in [0.25, 0.3) is 0 Å². The zero-order valence-corrected chi connectivity index (χ0v) is 9.69. The van der Waals surface area contributed by atoms with Gasteiger partial charge in [-0.3, -0.25) is 14.4 Å². The minimum Gasteiger partial charge on any atom is -0.305 e. The van der Waals surface area contributed by atoms with Crippen molar-refractivity contribution in [3.8, 4) is 0 Å². The number of carbonyl (C=O) groups is 1. The molecule has 1 rings (SSSR count). The summed E-state index contributed by atoms with van der Waals surface area (Å²) in [7, 11) is 2.52. The number of carbonyl (C=O) groups excluding carboxylic acids is 1. The summed E-state index contributed by atoms with van der Waals surface area (Å²) in [5.74, 6) is -0.640. The third-order valence-electron chi connectivity index (χ3n) is 2.24. The first kappa shape index (κ1) is 14.2. The molecule has 0 radical (unpaired) electrons. The number of hydrogen-bond donors (Lipinski definition) is 0. The van der Waals surface area contributed by atoms with Crippen LogP contribution in [0.15, 0.2) is 23.1 Å². The molecule has 1 aromatic heterocycles. The highest BCUT2D eigenvalue weighted by molar-refractivity contribution is 5.74. The lowest BCUT2D eigenvalue weighted by Gasteiger charge is -2.15. The molecule has 1 amide bonds. The predicted molar refractivity (Wildman–Crippen MR) is 55.5 cm³/mol. The smallest absolute Gasteiger partial charge is 0.305 e. The van der Waals surface area contributed by atoms with Gasteiger partial charge in [0.2, 0.25) is 0 Å². The Hall–Kier alpha value is -1.83. The normalized spacial score (nSPS) is 11.4. The summed E-state index contributed by atoms with van der Waals surface area (Å²) < 4.78 is 38.0. The lowest BCUT2D eigenvalue weighted by molar-refractivity contribution is -0.169. The molecule has 0 fully saturated rings. The van der Waals surface area contributed by atoms with Gasteiger partial charge in [-0.25, -0.2) is 5.06 Å². The molecule has 0 saturated carbocycles. The minimum atomic E-state index is -4.56. The number of rotatable bonds is 3. The lowest BCUT2D eigenvalue weighted by Crippen LogP contribution is -2.33. The SMILES string of the molecule is CON(C)C(=O)Cn1cc(C(F)(F)F)ccc1=O. The molecule has 0 saturated heterocycles. The molecule has 0 atom stereocenters. The van der Waals surface area contributed by atoms with E-state index < -0.39 is 29.8 Å². The van der Waals surface area contributed by atoms with Crippen LogP contribution in [0.1, 0.15) is 5.56 Å². The van der Waals surface area contributed by atoms with Gasteiger partial charge in [0.25, 0.3) is 11.5 Å². The van der Waals surface area contributed by atoms with Crippen molar-refractivity contribution in [1.29, 1.82) is 0 Å². The molecule has 0 aromatic carbocycles. The van der Waals surface area contributed by atoms with E-state index in [-0.39, 0.29) is 0 Å². The second kappa shape index (κ2) is 5.21. The fraction of sp³-hybridized carbons (Fsp3) is 0.400. The molecule has 100 valence electrons. The van der Waals surface area contributed by atoms with Crippen molar-refractivity contribution >= 4 is 5.91 Å². The van der Waals surface area contributed by atoms with E-state index in [1.54, 1.807) is 0 Å². The summed E-state index contributed by atoms with van der Waals surface area (Å²) >= 11 is 0. The van der Waals surface area contributed by atoms with E-state index in [1.165, 1.54) is 14.2 Å². The van der Waals surface area contributed by atoms with Gasteiger partial charge in [-0.2, -0.15) is 13.2 Å². The van der Waals surface area contributed by atoms with Gasteiger partial charge in [-0.15, -0.1) is 0 Å². The fourth-order valence-electron chi connectivity index (χ4n) is 1.17. The van der Waals surface area contributed by atoms with Gasteiger partial charge in [-0.05, 0) is 6.07 Å². The van der Waals surface area contributed by atoms with Gasteiger partial charge < -0.3 is 4.57 Å². The van der Waals surface area contributed by atoms with Gasteiger partial charge in [-0.1, -0.05) is 0 Å². The molecule has 0 aliphatic rings. The van der Waals surface area contributed by atoms with Crippen molar-refractivity contribution in [2.24, 2.45) is 0 Å². The number of hydroxylamine groups is 2. The fourth-order valence-corrected chi connectivity index (χ4v) is 1.17. The Morgan fingerprint density at radius 1 is 1.44 bits per heavy atom. The quantitative estimate of drug-likeness (QED) is 0.762. The Morgan fingerprint density at radius 3 is 2.56 bits per heavy atom. The van der Waals surface area contributed by atoms with Gasteiger partial charge in [0.05, 0.1) is 12.7 Å². The number of halogens is 3. The van der Waals surface area contributed by atoms with E-state index in [2.05, 4.69) is 4.84 Å². The van der Waals surface area contributed by atoms with Gasteiger partial charge in [0.15, 0.2) is 0 Å². The van der Waals surface area contributed by atoms with Crippen LogP contribution in [0.4, 0.5) is 13.2 Å². The van der Waals surface area contributed by atoms with E-state index in [4.69, 9.17) is 0 Å². The van der Waals surface area contributed by atoms with E-state index in [1.807, 2.05) is 0 Å². The highest BCUT2D eigenvalue weighted by Gasteiger charge is 2.31. The van der Waals surface area contributed by atoms with Crippen molar-refractivity contribution in [3.63, 3.8) is 0 Å². The molecule has 1 heterocycles. The van der Waals surface area contributed by atoms with Crippen molar-refractivity contribution < 1.29 is 22.8 Å². The van der Waals surface area contributed by atoms with Crippen LogP contribution in [-0.4, -0.2) is 29.7 Å². The summed E-state index contributed by atoms with van der Waals surface area (Å²) in [5, 5.41) is 0.826. The highest BCUT2D eigenvalue weighted by Crippen LogP contribution is 2.27. The van der Waals surface area contributed by atoms with Crippen molar-refractivity contribution in [3.05, 3.63) is 34.2 Å². The van der Waals surface area contributed by atoms with Crippen LogP contribution in [0.2, 0.25) is 0 Å². The summed E-state index contributed by atoms with van der Waals surface area (Å²) in [6.07, 6.45) is -3.96. The monoisotopic (exact) mass is 264 g/mol. The first-order chi connectivity index (χ1) is 8.25. The van der Waals surface area contributed by atoms with Gasteiger partial charge >= 0.3 is 6.18 Å². The number of hydrogen-bond acceptors (Lipinski definition) is 3. The second-order valence-electron chi connectivity index (χ2n) is 3.46. The Balaban J connectivity index is 3.03. The van der Waals surface area contributed by atoms with E-state index in [0.29, 0.717) is 16.8 Å². The van der Waals surface area contributed by atoms with Gasteiger partial charge in [0, 0.05) is 19.3 Å². The van der Waals surface area contributed by atoms with Crippen LogP contribution in [-0.2, 0) is 22.4 Å². The molecule has 0 bridgehead atoms. The van der Waals surface area contributed by atoms with Crippen LogP contribution in [0.5, 0.6) is 0 Å². The molecule has 18 heavy (non-hydrogen) atoms. The number of pyridine rings is 1. The summed E-state index contributed by atoms with van der Waals surface area (Å²) in [6.45, 7) is -0.521. The van der Waals surface area contributed by atoms with Crippen molar-refractivity contribution in [2.45, 2.75) is 12.7 Å². The minimum absolute atomic E-state index is 0.521. The Kier molecular flexibility index (Phi) is 4.12. The predicted octanol–water partition coefficient (Wildman–Crippen LogP) is 0.887. The number of nitrogens with zero attached hydrogens (tertiary/aromatic N) is 2. The maximum Gasteiger partial charge on any atom is 0.417 e. The van der Waals surface area contributed by atoms with E-state index in [9.17, 15) is 22.8 Å². The van der Waals surface area contributed by atoms with Crippen LogP contribution in [0, 0.1) is 0 Å². The number of alkyl halides is 3. The lowest BCUT2D eigenvalue weighted by atomic mass is 10.3. The number of amides is 1. The molecule has 5 nitrogen and oxygen atoms in total. The zero-order valence-electron chi connectivity index (χ0n) is 9.69. The molecule has 0 spiro atoms. The highest BCUT2D eigenvalue weighted by atomic mass is 19.4. The Labute approximate surface area is 100 Å². The zero-order chi connectivity index (χ0) is 13.9. The molecule has 0 unspecified atom stereocenters. The van der Waals surface area contributed by atoms with Crippen LogP contribution < -0.4 is 5.56 Å². The molecule has 8 heteroatoms. The number of likely N-dealkylation sites (N-methyl/N-ethyl adjacent to an activating group) is 1. The molecule has 0 aliphatic carbocycles. The number of aromatic nitrogens is 1. The van der Waals surface area contributed by atoms with Crippen molar-refractivity contribution in [1.82, 2.24) is 9.63 Å². The van der Waals surface area contributed by atoms with Gasteiger partial charge in [0.1, 0.15) is 6.54 Å². The third kappa shape index (κ3) is 3.33. The summed E-state index contributed by atoms with van der Waals surface area (Å²) in [5.41, 5.74) is -1.68. The molecule has 0 N–H and O–H groups in total. The van der Waals surface area contributed by atoms with Crippen LogP contribution in [0.3, 0.4) is 0 Å². The average molecular weight is 264 g/mol. The summed E-state index contributed by atoms with van der Waals surface area (Å²) in [6, 6.07) is 1.44. The molecule has 0 aliphatic heterocycles. The second-order valence-corrected chi connectivity index (χ2v) is 3.46. The van der Waals surface area contributed by atoms with E-state index >= 15 is 0 Å². The maximum atomic E-state index is 12.4.